The lowest BCUT2D eigenvalue weighted by Crippen LogP contribution is -2.38. The minimum absolute atomic E-state index is 0.199. The molecule has 1 amide bonds. The molecule has 0 atom stereocenters. The van der Waals surface area contributed by atoms with Crippen molar-refractivity contribution < 1.29 is 9.63 Å². The Morgan fingerprint density at radius 1 is 1.40 bits per heavy atom. The summed E-state index contributed by atoms with van der Waals surface area (Å²) in [7, 11) is 0. The van der Waals surface area contributed by atoms with E-state index in [-0.39, 0.29) is 5.91 Å². The number of rotatable bonds is 4. The van der Waals surface area contributed by atoms with Gasteiger partial charge in [-0.15, -0.1) is 0 Å². The number of hydrogen-bond donors (Lipinski definition) is 2. The molecule has 4 nitrogen and oxygen atoms in total. The van der Waals surface area contributed by atoms with Crippen LogP contribution in [-0.2, 0) is 4.79 Å². The van der Waals surface area contributed by atoms with Gasteiger partial charge in [0.2, 0.25) is 5.91 Å². The minimum Gasteiger partial charge on any atom is -0.389 e. The lowest BCUT2D eigenvalue weighted by molar-refractivity contribution is -0.122. The summed E-state index contributed by atoms with van der Waals surface area (Å²) < 4.78 is 0. The summed E-state index contributed by atoms with van der Waals surface area (Å²) in [6.07, 6.45) is 0. The number of benzene rings is 1. The van der Waals surface area contributed by atoms with Crippen molar-refractivity contribution in [2.45, 2.75) is 26.7 Å². The van der Waals surface area contributed by atoms with Crippen LogP contribution in [0.2, 0.25) is 0 Å². The van der Waals surface area contributed by atoms with E-state index in [9.17, 15) is 4.79 Å². The van der Waals surface area contributed by atoms with Gasteiger partial charge < -0.3 is 4.84 Å². The maximum atomic E-state index is 10.6. The Bertz CT molecular complexity index is 337. The molecule has 15 heavy (non-hydrogen) atoms. The Morgan fingerprint density at radius 2 is 2.13 bits per heavy atom. The van der Waals surface area contributed by atoms with E-state index in [0.717, 1.165) is 0 Å². The third-order valence-electron chi connectivity index (χ3n) is 1.92. The second-order valence-corrected chi connectivity index (χ2v) is 3.61. The van der Waals surface area contributed by atoms with Crippen molar-refractivity contribution in [3.8, 4) is 5.75 Å². The highest BCUT2D eigenvalue weighted by atomic mass is 16.7. The van der Waals surface area contributed by atoms with Gasteiger partial charge in [-0.3, -0.25) is 10.2 Å². The van der Waals surface area contributed by atoms with Crippen LogP contribution in [-0.4, -0.2) is 5.91 Å². The second-order valence-electron chi connectivity index (χ2n) is 3.61. The maximum absolute atomic E-state index is 10.6. The van der Waals surface area contributed by atoms with E-state index in [1.54, 1.807) is 0 Å². The van der Waals surface area contributed by atoms with Crippen LogP contribution < -0.4 is 15.9 Å². The summed E-state index contributed by atoms with van der Waals surface area (Å²) >= 11 is 0. The molecule has 0 fully saturated rings. The van der Waals surface area contributed by atoms with Gasteiger partial charge in [-0.05, 0) is 23.6 Å². The summed E-state index contributed by atoms with van der Waals surface area (Å²) in [6, 6.07) is 7.70. The Kier molecular flexibility index (Phi) is 4.12. The van der Waals surface area contributed by atoms with Crippen LogP contribution in [0.25, 0.3) is 0 Å². The van der Waals surface area contributed by atoms with Crippen molar-refractivity contribution in [1.82, 2.24) is 11.0 Å². The summed E-state index contributed by atoms with van der Waals surface area (Å²) in [6.45, 7) is 5.63. The van der Waals surface area contributed by atoms with Gasteiger partial charge in [-0.1, -0.05) is 31.6 Å². The Balaban J connectivity index is 2.54. The van der Waals surface area contributed by atoms with E-state index in [1.807, 2.05) is 24.3 Å². The molecule has 0 unspecified atom stereocenters. The van der Waals surface area contributed by atoms with Crippen LogP contribution in [0.1, 0.15) is 32.3 Å². The zero-order valence-electron chi connectivity index (χ0n) is 9.20. The van der Waals surface area contributed by atoms with E-state index in [2.05, 4.69) is 24.9 Å². The highest BCUT2D eigenvalue weighted by molar-refractivity contribution is 5.72. The first-order chi connectivity index (χ1) is 7.09. The molecule has 4 heteroatoms. The van der Waals surface area contributed by atoms with Crippen molar-refractivity contribution in [3.63, 3.8) is 0 Å². The fourth-order valence-corrected chi connectivity index (χ4v) is 1.09. The standard InChI is InChI=1S/C11H16N2O2/c1-8(2)10-5-4-6-11(7-10)15-13-12-9(3)14/h4-8,13H,1-3H3,(H,12,14). The first-order valence-electron chi connectivity index (χ1n) is 4.88. The molecule has 0 heterocycles. The first-order valence-corrected chi connectivity index (χ1v) is 4.88. The summed E-state index contributed by atoms with van der Waals surface area (Å²) in [5.41, 5.74) is 5.89. The second kappa shape index (κ2) is 5.36. The third-order valence-corrected chi connectivity index (χ3v) is 1.92. The summed E-state index contributed by atoms with van der Waals surface area (Å²) in [4.78, 5) is 15.7. The summed E-state index contributed by atoms with van der Waals surface area (Å²) in [5, 5.41) is 0. The van der Waals surface area contributed by atoms with Crippen LogP contribution in [0, 0.1) is 0 Å². The molecule has 1 rings (SSSR count). The molecule has 0 aromatic heterocycles. The van der Waals surface area contributed by atoms with Gasteiger partial charge in [0.15, 0.2) is 0 Å². The van der Waals surface area contributed by atoms with Gasteiger partial charge in [0, 0.05) is 6.92 Å². The van der Waals surface area contributed by atoms with Crippen molar-refractivity contribution >= 4 is 5.91 Å². The molecule has 2 N–H and O–H groups in total. The van der Waals surface area contributed by atoms with Crippen LogP contribution in [0.15, 0.2) is 24.3 Å². The van der Waals surface area contributed by atoms with Gasteiger partial charge in [-0.25, -0.2) is 0 Å². The highest BCUT2D eigenvalue weighted by Crippen LogP contribution is 2.19. The van der Waals surface area contributed by atoms with Crippen LogP contribution in [0.5, 0.6) is 5.75 Å². The Hall–Kier alpha value is -1.55. The average Bonchev–Trinajstić information content (AvgIpc) is 2.17. The van der Waals surface area contributed by atoms with Gasteiger partial charge >= 0.3 is 0 Å². The Morgan fingerprint density at radius 3 is 2.73 bits per heavy atom. The predicted octanol–water partition coefficient (Wildman–Crippen LogP) is 1.74. The molecule has 0 spiro atoms. The lowest BCUT2D eigenvalue weighted by atomic mass is 10.0. The topological polar surface area (TPSA) is 50.4 Å². The largest absolute Gasteiger partial charge is 0.389 e. The molecule has 0 radical (unpaired) electrons. The number of nitrogens with one attached hydrogen (secondary N) is 2. The number of carbonyl (C=O) groups is 1. The van der Waals surface area contributed by atoms with E-state index < -0.39 is 0 Å². The van der Waals surface area contributed by atoms with Crippen molar-refractivity contribution in [1.29, 1.82) is 0 Å². The van der Waals surface area contributed by atoms with Gasteiger partial charge in [0.05, 0.1) is 0 Å². The van der Waals surface area contributed by atoms with Crippen LogP contribution >= 0.6 is 0 Å². The number of carbonyl (C=O) groups excluding carboxylic acids is 1. The Labute approximate surface area is 89.6 Å². The molecule has 0 aliphatic rings. The lowest BCUT2D eigenvalue weighted by Gasteiger charge is -2.09. The molecule has 0 bridgehead atoms. The highest BCUT2D eigenvalue weighted by Gasteiger charge is 2.00. The van der Waals surface area contributed by atoms with Crippen LogP contribution in [0.4, 0.5) is 0 Å². The third kappa shape index (κ3) is 3.99. The number of hydrogen-bond acceptors (Lipinski definition) is 3. The first kappa shape index (κ1) is 11.5. The predicted molar refractivity (Wildman–Crippen MR) is 58.1 cm³/mol. The normalized spacial score (nSPS) is 10.1. The average molecular weight is 208 g/mol. The van der Waals surface area contributed by atoms with Crippen molar-refractivity contribution in [2.75, 3.05) is 0 Å². The smallest absolute Gasteiger partial charge is 0.233 e. The molecular formula is C11H16N2O2. The zero-order chi connectivity index (χ0) is 11.3. The van der Waals surface area contributed by atoms with Gasteiger partial charge in [0.1, 0.15) is 5.75 Å². The van der Waals surface area contributed by atoms with E-state index in [4.69, 9.17) is 4.84 Å². The quantitative estimate of drug-likeness (QED) is 0.741. The molecule has 0 saturated heterocycles. The molecule has 0 saturated carbocycles. The van der Waals surface area contributed by atoms with E-state index in [1.165, 1.54) is 12.5 Å². The zero-order valence-corrected chi connectivity index (χ0v) is 9.20. The van der Waals surface area contributed by atoms with Crippen molar-refractivity contribution in [2.24, 2.45) is 0 Å². The van der Waals surface area contributed by atoms with Crippen molar-refractivity contribution in [3.05, 3.63) is 29.8 Å². The number of amides is 1. The van der Waals surface area contributed by atoms with Gasteiger partial charge in [-0.2, -0.15) is 0 Å². The molecule has 0 aliphatic carbocycles. The molecule has 0 aliphatic heterocycles. The maximum Gasteiger partial charge on any atom is 0.233 e. The van der Waals surface area contributed by atoms with Gasteiger partial charge in [0.25, 0.3) is 0 Å². The van der Waals surface area contributed by atoms with E-state index in [0.29, 0.717) is 11.7 Å². The molecule has 1 aromatic carbocycles. The molecule has 1 aromatic rings. The fourth-order valence-electron chi connectivity index (χ4n) is 1.09. The fraction of sp³-hybridized carbons (Fsp3) is 0.364. The molecule has 82 valence electrons. The minimum atomic E-state index is -0.199. The molecular weight excluding hydrogens is 192 g/mol. The number of hydrazine groups is 1. The SMILES string of the molecule is CC(=O)NNOc1cccc(C(C)C)c1. The van der Waals surface area contributed by atoms with E-state index >= 15 is 0 Å². The summed E-state index contributed by atoms with van der Waals surface area (Å²) in [5.74, 6) is 0.930. The monoisotopic (exact) mass is 208 g/mol. The van der Waals surface area contributed by atoms with Crippen LogP contribution in [0.3, 0.4) is 0 Å².